The van der Waals surface area contributed by atoms with E-state index < -0.39 is 23.4 Å². The van der Waals surface area contributed by atoms with Crippen molar-refractivity contribution in [2.45, 2.75) is 13.8 Å². The number of hydrogen-bond acceptors (Lipinski definition) is 9. The van der Waals surface area contributed by atoms with Gasteiger partial charge in [0.25, 0.3) is 11.6 Å². The van der Waals surface area contributed by atoms with Crippen molar-refractivity contribution in [3.63, 3.8) is 0 Å². The van der Waals surface area contributed by atoms with Gasteiger partial charge in [0.15, 0.2) is 6.61 Å². The summed E-state index contributed by atoms with van der Waals surface area (Å²) in [5.74, 6) is 0.0372. The van der Waals surface area contributed by atoms with Crippen molar-refractivity contribution in [2.24, 2.45) is 5.16 Å². The van der Waals surface area contributed by atoms with Gasteiger partial charge in [-0.3, -0.25) is 14.9 Å². The molecular weight excluding hydrogens is 438 g/mol. The van der Waals surface area contributed by atoms with Crippen LogP contribution in [0.3, 0.4) is 0 Å². The van der Waals surface area contributed by atoms with Gasteiger partial charge < -0.3 is 19.3 Å². The summed E-state index contributed by atoms with van der Waals surface area (Å²) >= 11 is 1.15. The molecule has 0 aliphatic heterocycles. The van der Waals surface area contributed by atoms with Gasteiger partial charge in [-0.25, -0.2) is 4.79 Å². The highest BCUT2D eigenvalue weighted by atomic mass is 32.1. The van der Waals surface area contributed by atoms with Crippen LogP contribution in [0.1, 0.15) is 28.6 Å². The third-order valence-corrected chi connectivity index (χ3v) is 4.98. The van der Waals surface area contributed by atoms with E-state index in [9.17, 15) is 19.7 Å². The quantitative estimate of drug-likeness (QED) is 0.218. The molecular formula is C21H19N3O7S. The molecule has 32 heavy (non-hydrogen) atoms. The molecule has 166 valence electrons. The van der Waals surface area contributed by atoms with Gasteiger partial charge in [-0.1, -0.05) is 17.3 Å². The van der Waals surface area contributed by atoms with Crippen LogP contribution in [0.2, 0.25) is 0 Å². The molecule has 3 aromatic rings. The molecule has 1 amide bonds. The van der Waals surface area contributed by atoms with E-state index in [-0.39, 0.29) is 17.9 Å². The maximum absolute atomic E-state index is 12.5. The number of carbonyl (C=O) groups excluding carboxylic acids is 2. The Morgan fingerprint density at radius 2 is 2.12 bits per heavy atom. The number of hydrogen-bond donors (Lipinski definition) is 1. The lowest BCUT2D eigenvalue weighted by atomic mass is 10.1. The minimum atomic E-state index is -0.585. The Morgan fingerprint density at radius 1 is 1.31 bits per heavy atom. The average molecular weight is 457 g/mol. The molecule has 0 saturated carbocycles. The first-order valence-corrected chi connectivity index (χ1v) is 10.3. The van der Waals surface area contributed by atoms with Crippen LogP contribution in [0.5, 0.6) is 0 Å². The minimum absolute atomic E-state index is 0.0848. The molecule has 0 fully saturated rings. The fourth-order valence-corrected chi connectivity index (χ4v) is 3.65. The molecule has 0 bridgehead atoms. The normalized spacial score (nSPS) is 10.8. The monoisotopic (exact) mass is 457 g/mol. The number of nitro benzene ring substituents is 1. The Hall–Kier alpha value is -3.99. The van der Waals surface area contributed by atoms with Crippen molar-refractivity contribution in [1.29, 1.82) is 0 Å². The number of anilines is 1. The number of carbonyl (C=O) groups is 2. The van der Waals surface area contributed by atoms with Gasteiger partial charge in [0, 0.05) is 28.6 Å². The van der Waals surface area contributed by atoms with Crippen LogP contribution in [0.4, 0.5) is 10.7 Å². The van der Waals surface area contributed by atoms with Crippen LogP contribution >= 0.6 is 11.3 Å². The number of esters is 1. The minimum Gasteiger partial charge on any atom is -0.462 e. The van der Waals surface area contributed by atoms with E-state index in [4.69, 9.17) is 14.0 Å². The summed E-state index contributed by atoms with van der Waals surface area (Å²) in [7, 11) is 0. The highest BCUT2D eigenvalue weighted by Gasteiger charge is 2.24. The van der Waals surface area contributed by atoms with E-state index in [0.29, 0.717) is 27.6 Å². The van der Waals surface area contributed by atoms with Crippen LogP contribution in [0, 0.1) is 17.0 Å². The summed E-state index contributed by atoms with van der Waals surface area (Å²) in [6, 6.07) is 9.30. The van der Waals surface area contributed by atoms with Crippen LogP contribution in [0.25, 0.3) is 11.3 Å². The average Bonchev–Trinajstić information content (AvgIpc) is 3.37. The van der Waals surface area contributed by atoms with E-state index in [1.54, 1.807) is 37.4 Å². The topological polar surface area (TPSA) is 133 Å². The molecule has 1 aromatic carbocycles. The summed E-state index contributed by atoms with van der Waals surface area (Å²) in [5, 5.41) is 19.1. The van der Waals surface area contributed by atoms with Gasteiger partial charge in [-0.05, 0) is 26.0 Å². The molecule has 0 radical (unpaired) electrons. The zero-order valence-corrected chi connectivity index (χ0v) is 18.0. The van der Waals surface area contributed by atoms with Gasteiger partial charge in [-0.15, -0.1) is 11.3 Å². The number of furan rings is 1. The van der Waals surface area contributed by atoms with E-state index in [1.165, 1.54) is 24.4 Å². The summed E-state index contributed by atoms with van der Waals surface area (Å²) in [6.07, 6.45) is 1.26. The molecule has 0 aliphatic rings. The van der Waals surface area contributed by atoms with E-state index >= 15 is 0 Å². The third-order valence-electron chi connectivity index (χ3n) is 4.08. The number of thiophene rings is 1. The number of rotatable bonds is 9. The first-order chi connectivity index (χ1) is 15.4. The first-order valence-electron chi connectivity index (χ1n) is 9.44. The Morgan fingerprint density at radius 3 is 2.81 bits per heavy atom. The zero-order valence-electron chi connectivity index (χ0n) is 17.2. The predicted molar refractivity (Wildman–Crippen MR) is 118 cm³/mol. The lowest BCUT2D eigenvalue weighted by molar-refractivity contribution is -0.384. The van der Waals surface area contributed by atoms with Crippen LogP contribution in [-0.2, 0) is 14.4 Å². The Bertz CT molecular complexity index is 1170. The molecule has 0 atom stereocenters. The Balaban J connectivity index is 1.67. The number of nitro groups is 1. The number of nitrogens with one attached hydrogen (secondary N) is 1. The number of oxime groups is 1. The molecule has 1 N–H and O–H groups in total. The summed E-state index contributed by atoms with van der Waals surface area (Å²) in [5.41, 5.74) is 1.07. The van der Waals surface area contributed by atoms with E-state index in [2.05, 4.69) is 10.5 Å². The SMILES string of the molecule is CCOC(=O)c1c(-c2ccc(C)o2)csc1NC(=O)CO/N=C/c1cccc([N+](=O)[O-])c1. The smallest absolute Gasteiger partial charge is 0.341 e. The molecule has 0 spiro atoms. The van der Waals surface area contributed by atoms with Crippen molar-refractivity contribution in [2.75, 3.05) is 18.5 Å². The lowest BCUT2D eigenvalue weighted by Crippen LogP contribution is -2.18. The lowest BCUT2D eigenvalue weighted by Gasteiger charge is -2.07. The predicted octanol–water partition coefficient (Wildman–Crippen LogP) is 4.39. The molecule has 3 rings (SSSR count). The molecule has 2 heterocycles. The molecule has 0 aliphatic carbocycles. The van der Waals surface area contributed by atoms with Crippen molar-refractivity contribution >= 4 is 40.1 Å². The number of aryl methyl sites for hydroxylation is 1. The maximum atomic E-state index is 12.5. The molecule has 11 heteroatoms. The Labute approximate surface area is 186 Å². The van der Waals surface area contributed by atoms with Crippen molar-refractivity contribution in [1.82, 2.24) is 0 Å². The van der Waals surface area contributed by atoms with E-state index in [1.807, 2.05) is 0 Å². The van der Waals surface area contributed by atoms with Gasteiger partial charge in [0.05, 0.1) is 17.7 Å². The van der Waals surface area contributed by atoms with Gasteiger partial charge in [0.2, 0.25) is 0 Å². The van der Waals surface area contributed by atoms with Gasteiger partial charge in [0.1, 0.15) is 22.1 Å². The largest absolute Gasteiger partial charge is 0.462 e. The second kappa shape index (κ2) is 10.4. The Kier molecular flexibility index (Phi) is 7.34. The van der Waals surface area contributed by atoms with Gasteiger partial charge in [-0.2, -0.15) is 0 Å². The zero-order chi connectivity index (χ0) is 23.1. The first kappa shape index (κ1) is 22.7. The summed E-state index contributed by atoms with van der Waals surface area (Å²) in [6.45, 7) is 3.22. The number of amides is 1. The molecule has 10 nitrogen and oxygen atoms in total. The standard InChI is InChI=1S/C21H19N3O7S/c1-3-29-21(26)19-16(17-8-7-13(2)31-17)12-32-20(19)23-18(25)11-30-22-10-14-5-4-6-15(9-14)24(27)28/h4-10,12H,3,11H2,1-2H3,(H,23,25)/b22-10+. The molecule has 2 aromatic heterocycles. The maximum Gasteiger partial charge on any atom is 0.341 e. The van der Waals surface area contributed by atoms with Crippen LogP contribution < -0.4 is 5.32 Å². The third kappa shape index (κ3) is 5.58. The number of benzene rings is 1. The summed E-state index contributed by atoms with van der Waals surface area (Å²) < 4.78 is 10.7. The van der Waals surface area contributed by atoms with Crippen LogP contribution in [0.15, 0.2) is 51.4 Å². The highest BCUT2D eigenvalue weighted by Crippen LogP contribution is 2.37. The molecule has 0 unspecified atom stereocenters. The fourth-order valence-electron chi connectivity index (χ4n) is 2.69. The van der Waals surface area contributed by atoms with E-state index in [0.717, 1.165) is 11.3 Å². The summed E-state index contributed by atoms with van der Waals surface area (Å²) in [4.78, 5) is 40.0. The number of non-ortho nitro benzene ring substituents is 1. The highest BCUT2D eigenvalue weighted by molar-refractivity contribution is 7.15. The van der Waals surface area contributed by atoms with Crippen molar-refractivity contribution in [3.05, 3.63) is 68.8 Å². The number of nitrogens with zero attached hydrogens (tertiary/aromatic N) is 2. The number of ether oxygens (including phenoxy) is 1. The molecule has 0 saturated heterocycles. The van der Waals surface area contributed by atoms with Crippen molar-refractivity contribution in [3.8, 4) is 11.3 Å². The fraction of sp³-hybridized carbons (Fsp3) is 0.190. The second-order valence-electron chi connectivity index (χ2n) is 6.39. The van der Waals surface area contributed by atoms with Crippen LogP contribution in [-0.4, -0.2) is 36.2 Å². The second-order valence-corrected chi connectivity index (χ2v) is 7.27. The van der Waals surface area contributed by atoms with Crippen molar-refractivity contribution < 1.29 is 28.5 Å². The van der Waals surface area contributed by atoms with Gasteiger partial charge >= 0.3 is 5.97 Å².